The molecule has 0 aliphatic heterocycles. The Bertz CT molecular complexity index is 143. The van der Waals surface area contributed by atoms with Crippen LogP contribution < -0.4 is 5.32 Å². The monoisotopic (exact) mass is 184 g/mol. The van der Waals surface area contributed by atoms with Crippen molar-refractivity contribution in [3.63, 3.8) is 0 Å². The summed E-state index contributed by atoms with van der Waals surface area (Å²) in [6.07, 6.45) is 1.21. The summed E-state index contributed by atoms with van der Waals surface area (Å²) >= 11 is 0. The molecule has 0 saturated heterocycles. The third kappa shape index (κ3) is 5.06. The molecule has 0 radical (unpaired) electrons. The Hall–Kier alpha value is -0.340. The smallest absolute Gasteiger partial charge is 0.0205 e. The van der Waals surface area contributed by atoms with Crippen LogP contribution in [-0.2, 0) is 0 Å². The minimum Gasteiger partial charge on any atom is -0.316 e. The van der Waals surface area contributed by atoms with Crippen LogP contribution in [0.4, 0.5) is 0 Å². The van der Waals surface area contributed by atoms with E-state index in [1.165, 1.54) is 12.0 Å². The predicted octanol–water partition coefficient (Wildman–Crippen LogP) is 1.88. The molecule has 1 atom stereocenters. The topological polar surface area (TPSA) is 15.3 Å². The van der Waals surface area contributed by atoms with E-state index < -0.39 is 0 Å². The van der Waals surface area contributed by atoms with Crippen molar-refractivity contribution in [1.29, 1.82) is 0 Å². The minimum atomic E-state index is 0.665. The van der Waals surface area contributed by atoms with E-state index in [1.807, 2.05) is 7.05 Å². The lowest BCUT2D eigenvalue weighted by atomic mass is 10.2. The summed E-state index contributed by atoms with van der Waals surface area (Å²) in [5.74, 6) is 0. The number of nitrogens with zero attached hydrogens (tertiary/aromatic N) is 1. The van der Waals surface area contributed by atoms with Crippen molar-refractivity contribution in [2.45, 2.75) is 33.2 Å². The quantitative estimate of drug-likeness (QED) is 0.608. The predicted molar refractivity (Wildman–Crippen MR) is 60.1 cm³/mol. The summed E-state index contributed by atoms with van der Waals surface area (Å²) in [5.41, 5.74) is 1.27. The maximum absolute atomic E-state index is 4.04. The zero-order chi connectivity index (χ0) is 10.3. The first-order chi connectivity index (χ1) is 6.15. The van der Waals surface area contributed by atoms with E-state index in [0.717, 1.165) is 19.6 Å². The van der Waals surface area contributed by atoms with Crippen molar-refractivity contribution in [2.24, 2.45) is 0 Å². The van der Waals surface area contributed by atoms with Gasteiger partial charge in [-0.2, -0.15) is 0 Å². The molecule has 2 heteroatoms. The first-order valence-electron chi connectivity index (χ1n) is 5.20. The maximum atomic E-state index is 4.04. The van der Waals surface area contributed by atoms with Crippen LogP contribution in [0, 0.1) is 0 Å². The number of nitrogens with one attached hydrogen (secondary N) is 1. The second-order valence-corrected chi connectivity index (χ2v) is 3.60. The van der Waals surface area contributed by atoms with Gasteiger partial charge < -0.3 is 5.32 Å². The molecule has 0 spiro atoms. The van der Waals surface area contributed by atoms with Gasteiger partial charge >= 0.3 is 0 Å². The molecule has 0 aromatic carbocycles. The molecule has 0 aromatic heterocycles. The SMILES string of the molecule is C=C(CNC)CN(CC)C(C)CC. The van der Waals surface area contributed by atoms with E-state index in [0.29, 0.717) is 6.04 Å². The zero-order valence-electron chi connectivity index (χ0n) is 9.56. The largest absolute Gasteiger partial charge is 0.316 e. The summed E-state index contributed by atoms with van der Waals surface area (Å²) in [7, 11) is 1.96. The average Bonchev–Trinajstić information content (AvgIpc) is 2.13. The van der Waals surface area contributed by atoms with Gasteiger partial charge in [0.25, 0.3) is 0 Å². The van der Waals surface area contributed by atoms with Crippen LogP contribution in [0.2, 0.25) is 0 Å². The van der Waals surface area contributed by atoms with Crippen molar-refractivity contribution < 1.29 is 0 Å². The Kier molecular flexibility index (Phi) is 6.92. The van der Waals surface area contributed by atoms with Gasteiger partial charge in [-0.15, -0.1) is 0 Å². The van der Waals surface area contributed by atoms with Gasteiger partial charge in [0.1, 0.15) is 0 Å². The Labute approximate surface area is 83.0 Å². The second kappa shape index (κ2) is 7.10. The second-order valence-electron chi connectivity index (χ2n) is 3.60. The zero-order valence-corrected chi connectivity index (χ0v) is 9.56. The van der Waals surface area contributed by atoms with Gasteiger partial charge in [-0.05, 0) is 32.5 Å². The van der Waals surface area contributed by atoms with Crippen LogP contribution in [-0.4, -0.2) is 37.6 Å². The fraction of sp³-hybridized carbons (Fsp3) is 0.818. The first-order valence-corrected chi connectivity index (χ1v) is 5.20. The van der Waals surface area contributed by atoms with E-state index in [-0.39, 0.29) is 0 Å². The molecule has 13 heavy (non-hydrogen) atoms. The van der Waals surface area contributed by atoms with E-state index in [1.54, 1.807) is 0 Å². The third-order valence-electron chi connectivity index (χ3n) is 2.47. The van der Waals surface area contributed by atoms with Crippen molar-refractivity contribution in [3.8, 4) is 0 Å². The van der Waals surface area contributed by atoms with Crippen molar-refractivity contribution in [1.82, 2.24) is 10.2 Å². The van der Waals surface area contributed by atoms with E-state index >= 15 is 0 Å². The highest BCUT2D eigenvalue weighted by Crippen LogP contribution is 2.05. The standard InChI is InChI=1S/C11H24N2/c1-6-11(4)13(7-2)9-10(3)8-12-5/h11-12H,3,6-9H2,1-2,4-5H3. The molecule has 0 heterocycles. The van der Waals surface area contributed by atoms with Gasteiger partial charge in [0, 0.05) is 19.1 Å². The highest BCUT2D eigenvalue weighted by molar-refractivity contribution is 4.99. The van der Waals surface area contributed by atoms with Crippen LogP contribution in [0.5, 0.6) is 0 Å². The molecular formula is C11H24N2. The molecule has 0 saturated carbocycles. The number of likely N-dealkylation sites (N-methyl/N-ethyl adjacent to an activating group) is 2. The average molecular weight is 184 g/mol. The Morgan fingerprint density at radius 3 is 2.46 bits per heavy atom. The van der Waals surface area contributed by atoms with Crippen LogP contribution in [0.25, 0.3) is 0 Å². The molecule has 0 amide bonds. The molecule has 0 aliphatic rings. The summed E-state index contributed by atoms with van der Waals surface area (Å²) in [6.45, 7) is 13.8. The Balaban J connectivity index is 3.89. The van der Waals surface area contributed by atoms with Gasteiger partial charge in [-0.25, -0.2) is 0 Å². The van der Waals surface area contributed by atoms with Gasteiger partial charge in [-0.1, -0.05) is 20.4 Å². The fourth-order valence-electron chi connectivity index (χ4n) is 1.43. The van der Waals surface area contributed by atoms with E-state index in [2.05, 4.69) is 37.6 Å². The van der Waals surface area contributed by atoms with Crippen molar-refractivity contribution in [2.75, 3.05) is 26.7 Å². The number of hydrogen-bond donors (Lipinski definition) is 1. The molecule has 0 bridgehead atoms. The van der Waals surface area contributed by atoms with Gasteiger partial charge in [0.05, 0.1) is 0 Å². The highest BCUT2D eigenvalue weighted by Gasteiger charge is 2.10. The molecule has 0 aromatic rings. The van der Waals surface area contributed by atoms with E-state index in [9.17, 15) is 0 Å². The van der Waals surface area contributed by atoms with Crippen LogP contribution >= 0.6 is 0 Å². The summed E-state index contributed by atoms with van der Waals surface area (Å²) in [4.78, 5) is 2.46. The lowest BCUT2D eigenvalue weighted by Gasteiger charge is -2.27. The molecule has 2 nitrogen and oxygen atoms in total. The summed E-state index contributed by atoms with van der Waals surface area (Å²) < 4.78 is 0. The number of rotatable bonds is 7. The first kappa shape index (κ1) is 12.7. The van der Waals surface area contributed by atoms with Crippen LogP contribution in [0.15, 0.2) is 12.2 Å². The molecule has 1 unspecified atom stereocenters. The lowest BCUT2D eigenvalue weighted by molar-refractivity contribution is 0.232. The fourth-order valence-corrected chi connectivity index (χ4v) is 1.43. The lowest BCUT2D eigenvalue weighted by Crippen LogP contribution is -2.35. The highest BCUT2D eigenvalue weighted by atomic mass is 15.1. The van der Waals surface area contributed by atoms with Crippen molar-refractivity contribution in [3.05, 3.63) is 12.2 Å². The Morgan fingerprint density at radius 1 is 1.46 bits per heavy atom. The van der Waals surface area contributed by atoms with Crippen LogP contribution in [0.1, 0.15) is 27.2 Å². The van der Waals surface area contributed by atoms with Gasteiger partial charge in [-0.3, -0.25) is 4.90 Å². The molecular weight excluding hydrogens is 160 g/mol. The number of hydrogen-bond acceptors (Lipinski definition) is 2. The van der Waals surface area contributed by atoms with Crippen molar-refractivity contribution >= 4 is 0 Å². The molecule has 0 fully saturated rings. The molecule has 1 N–H and O–H groups in total. The summed E-state index contributed by atoms with van der Waals surface area (Å²) in [5, 5.41) is 3.13. The maximum Gasteiger partial charge on any atom is 0.0205 e. The Morgan fingerprint density at radius 2 is 2.08 bits per heavy atom. The van der Waals surface area contributed by atoms with Gasteiger partial charge in [0.15, 0.2) is 0 Å². The summed E-state index contributed by atoms with van der Waals surface area (Å²) in [6, 6.07) is 0.665. The molecule has 78 valence electrons. The van der Waals surface area contributed by atoms with Crippen LogP contribution in [0.3, 0.4) is 0 Å². The van der Waals surface area contributed by atoms with E-state index in [4.69, 9.17) is 0 Å². The third-order valence-corrected chi connectivity index (χ3v) is 2.47. The molecule has 0 aliphatic carbocycles. The normalized spacial score (nSPS) is 13.3. The van der Waals surface area contributed by atoms with Gasteiger partial charge in [0.2, 0.25) is 0 Å². The minimum absolute atomic E-state index is 0.665. The molecule has 0 rings (SSSR count).